The molecular formula is C39H38N2OSe2. The zero-order valence-electron chi connectivity index (χ0n) is 25.1. The Labute approximate surface area is 274 Å². The van der Waals surface area contributed by atoms with Gasteiger partial charge in [0.1, 0.15) is 0 Å². The molecule has 0 aliphatic rings. The van der Waals surface area contributed by atoms with Gasteiger partial charge in [0.05, 0.1) is 0 Å². The van der Waals surface area contributed by atoms with Gasteiger partial charge in [0.25, 0.3) is 0 Å². The monoisotopic (exact) mass is 710 g/mol. The third-order valence-corrected chi connectivity index (χ3v) is 11.6. The van der Waals surface area contributed by atoms with Crippen LogP contribution >= 0.6 is 0 Å². The number of nitrogens with zero attached hydrogens (tertiary/aromatic N) is 2. The summed E-state index contributed by atoms with van der Waals surface area (Å²) >= 11 is 0.872. The molecule has 5 aromatic carbocycles. The van der Waals surface area contributed by atoms with Crippen molar-refractivity contribution >= 4 is 50.3 Å². The molecule has 0 radical (unpaired) electrons. The van der Waals surface area contributed by atoms with Crippen molar-refractivity contribution < 1.29 is 5.11 Å². The van der Waals surface area contributed by atoms with Gasteiger partial charge < -0.3 is 0 Å². The summed E-state index contributed by atoms with van der Waals surface area (Å²) in [5.74, 6) is 0.239. The van der Waals surface area contributed by atoms with Gasteiger partial charge in [-0.1, -0.05) is 0 Å². The number of phenols is 1. The van der Waals surface area contributed by atoms with E-state index in [1.807, 2.05) is 36.4 Å². The molecule has 1 N–H and O–H groups in total. The Kier molecular flexibility index (Phi) is 12.2. The Morgan fingerprint density at radius 1 is 0.545 bits per heavy atom. The van der Waals surface area contributed by atoms with Crippen LogP contribution in [-0.4, -0.2) is 59.5 Å². The van der Waals surface area contributed by atoms with Crippen LogP contribution in [0, 0.1) is 6.92 Å². The van der Waals surface area contributed by atoms with Crippen molar-refractivity contribution in [3.63, 3.8) is 0 Å². The van der Waals surface area contributed by atoms with Crippen LogP contribution in [0.4, 0.5) is 0 Å². The number of hydrogen-bond donors (Lipinski definition) is 1. The van der Waals surface area contributed by atoms with Gasteiger partial charge in [0.2, 0.25) is 0 Å². The third kappa shape index (κ3) is 9.14. The van der Waals surface area contributed by atoms with Crippen LogP contribution in [0.5, 0.6) is 5.75 Å². The molecule has 0 heterocycles. The Morgan fingerprint density at radius 2 is 0.909 bits per heavy atom. The van der Waals surface area contributed by atoms with E-state index < -0.39 is 0 Å². The zero-order chi connectivity index (χ0) is 30.4. The second-order valence-electron chi connectivity index (χ2n) is 10.4. The normalized spacial score (nSPS) is 11.9. The van der Waals surface area contributed by atoms with Crippen molar-refractivity contribution in [1.29, 1.82) is 0 Å². The first-order valence-corrected chi connectivity index (χ1v) is 19.2. The van der Waals surface area contributed by atoms with Crippen molar-refractivity contribution in [3.05, 3.63) is 161 Å². The van der Waals surface area contributed by atoms with E-state index in [0.29, 0.717) is 43.0 Å². The predicted octanol–water partition coefficient (Wildman–Crippen LogP) is 7.05. The quantitative estimate of drug-likeness (QED) is 0.0751. The van der Waals surface area contributed by atoms with Crippen LogP contribution in [0.2, 0.25) is 10.6 Å². The van der Waals surface area contributed by atoms with Gasteiger partial charge >= 0.3 is 276 Å². The number of phenolic OH excluding ortho intramolecular Hbond substituents is 1. The topological polar surface area (TPSA) is 45.0 Å². The molecular weight excluding hydrogens is 670 g/mol. The number of aryl methyl sites for hydroxylation is 1. The second kappa shape index (κ2) is 16.9. The Hall–Kier alpha value is -3.72. The molecule has 5 heteroatoms. The molecule has 5 rings (SSSR count). The number of benzene rings is 5. The fraction of sp³-hybridized carbons (Fsp3) is 0.179. The summed E-state index contributed by atoms with van der Waals surface area (Å²) in [5, 5.41) is 14.2. The van der Waals surface area contributed by atoms with Gasteiger partial charge in [-0.3, -0.25) is 0 Å². The van der Waals surface area contributed by atoms with Gasteiger partial charge in [-0.15, -0.1) is 0 Å². The molecule has 0 bridgehead atoms. The molecule has 0 aromatic heterocycles. The summed E-state index contributed by atoms with van der Waals surface area (Å²) in [5.41, 5.74) is 6.27. The standard InChI is InChI=1S/C39H38N2OSe2/c1-30-28-35(37(31-16-6-2-7-17-31)40-24-14-26-43-33-20-10-4-11-21-33)39(42)36(29-30)38(32-18-8-3-9-19-32)41-25-15-27-44-34-22-12-5-13-23-34/h2-13,16-23,28-29,42H,14-15,24-27H2,1H3. The molecule has 0 aliphatic carbocycles. The molecule has 0 fully saturated rings. The summed E-state index contributed by atoms with van der Waals surface area (Å²) in [4.78, 5) is 10.2. The molecule has 222 valence electrons. The van der Waals surface area contributed by atoms with E-state index in [0.717, 1.165) is 62.7 Å². The summed E-state index contributed by atoms with van der Waals surface area (Å²) in [6.45, 7) is 3.51. The van der Waals surface area contributed by atoms with Gasteiger partial charge in [-0.25, -0.2) is 0 Å². The van der Waals surface area contributed by atoms with Crippen molar-refractivity contribution in [2.24, 2.45) is 9.98 Å². The van der Waals surface area contributed by atoms with E-state index in [4.69, 9.17) is 9.98 Å². The van der Waals surface area contributed by atoms with E-state index in [-0.39, 0.29) is 5.75 Å². The van der Waals surface area contributed by atoms with Crippen LogP contribution in [0.3, 0.4) is 0 Å². The number of aliphatic imine (C=N–C) groups is 2. The van der Waals surface area contributed by atoms with Crippen LogP contribution in [-0.2, 0) is 0 Å². The SMILES string of the molecule is Cc1cc(C(=NCCC[Se]c2ccccc2)c2ccccc2)c(O)c(C(=NCCC[Se]c2ccccc2)c2ccccc2)c1. The van der Waals surface area contributed by atoms with Crippen LogP contribution in [0.15, 0.2) is 143 Å². The van der Waals surface area contributed by atoms with Crippen molar-refractivity contribution in [1.82, 2.24) is 0 Å². The molecule has 44 heavy (non-hydrogen) atoms. The van der Waals surface area contributed by atoms with Gasteiger partial charge in [0, 0.05) is 0 Å². The number of aromatic hydroxyl groups is 1. The number of hydrogen-bond acceptors (Lipinski definition) is 3. The molecule has 0 amide bonds. The predicted molar refractivity (Wildman–Crippen MR) is 189 cm³/mol. The van der Waals surface area contributed by atoms with E-state index in [1.54, 1.807) is 0 Å². The molecule has 0 unspecified atom stereocenters. The summed E-state index contributed by atoms with van der Waals surface area (Å²) < 4.78 is 2.84. The summed E-state index contributed by atoms with van der Waals surface area (Å²) in [6, 6.07) is 46.0. The summed E-state index contributed by atoms with van der Waals surface area (Å²) in [7, 11) is 0. The molecule has 5 aromatic rings. The van der Waals surface area contributed by atoms with E-state index in [1.165, 1.54) is 8.92 Å². The van der Waals surface area contributed by atoms with Gasteiger partial charge in [-0.2, -0.15) is 0 Å². The average Bonchev–Trinajstić information content (AvgIpc) is 3.07. The Bertz CT molecular complexity index is 1530. The van der Waals surface area contributed by atoms with Crippen molar-refractivity contribution in [3.8, 4) is 5.75 Å². The van der Waals surface area contributed by atoms with Crippen LogP contribution in [0.1, 0.15) is 40.7 Å². The first-order chi connectivity index (χ1) is 21.7. The van der Waals surface area contributed by atoms with Gasteiger partial charge in [0.15, 0.2) is 0 Å². The second-order valence-corrected chi connectivity index (χ2v) is 15.3. The summed E-state index contributed by atoms with van der Waals surface area (Å²) in [6.07, 6.45) is 2.01. The van der Waals surface area contributed by atoms with Crippen molar-refractivity contribution in [2.75, 3.05) is 13.1 Å². The minimum absolute atomic E-state index is 0.239. The van der Waals surface area contributed by atoms with E-state index >= 15 is 0 Å². The van der Waals surface area contributed by atoms with Crippen LogP contribution in [0.25, 0.3) is 0 Å². The van der Waals surface area contributed by atoms with Crippen molar-refractivity contribution in [2.45, 2.75) is 30.4 Å². The molecule has 0 atom stereocenters. The van der Waals surface area contributed by atoms with E-state index in [2.05, 4.69) is 104 Å². The fourth-order valence-corrected chi connectivity index (χ4v) is 8.52. The maximum absolute atomic E-state index is 11.9. The average molecular weight is 709 g/mol. The first kappa shape index (κ1) is 31.7. The zero-order valence-corrected chi connectivity index (χ0v) is 28.5. The molecule has 0 aliphatic heterocycles. The van der Waals surface area contributed by atoms with Crippen LogP contribution < -0.4 is 8.92 Å². The number of rotatable bonds is 14. The first-order valence-electron chi connectivity index (χ1n) is 15.1. The Balaban J connectivity index is 1.41. The van der Waals surface area contributed by atoms with Gasteiger partial charge in [-0.05, 0) is 0 Å². The fourth-order valence-electron chi connectivity index (χ4n) is 4.92. The van der Waals surface area contributed by atoms with E-state index in [9.17, 15) is 5.11 Å². The maximum atomic E-state index is 11.9. The third-order valence-electron chi connectivity index (χ3n) is 7.03. The Morgan fingerprint density at radius 3 is 1.30 bits per heavy atom. The molecule has 3 nitrogen and oxygen atoms in total. The molecule has 0 saturated carbocycles. The minimum atomic E-state index is 0.239. The molecule has 0 spiro atoms. The molecule has 0 saturated heterocycles.